The van der Waals surface area contributed by atoms with E-state index in [9.17, 15) is 18.0 Å². The quantitative estimate of drug-likeness (QED) is 0.415. The molecule has 3 nitrogen and oxygen atoms in total. The summed E-state index contributed by atoms with van der Waals surface area (Å²) in [5, 5.41) is 5.28. The number of rotatable bonds is 9. The second-order valence-corrected chi connectivity index (χ2v) is 6.29. The number of amides is 1. The molecule has 0 aromatic heterocycles. The van der Waals surface area contributed by atoms with Crippen LogP contribution >= 0.6 is 0 Å². The first-order valence-corrected chi connectivity index (χ1v) is 8.99. The predicted octanol–water partition coefficient (Wildman–Crippen LogP) is 5.87. The molecule has 1 rings (SSSR count). The lowest BCUT2D eigenvalue weighted by atomic mass is 10.1. The monoisotopic (exact) mass is 380 g/mol. The van der Waals surface area contributed by atoms with Crippen LogP contribution in [0.5, 0.6) is 0 Å². The van der Waals surface area contributed by atoms with Crippen molar-refractivity contribution >= 4 is 11.6 Å². The van der Waals surface area contributed by atoms with E-state index in [0.29, 0.717) is 11.4 Å². The number of nitrogens with one attached hydrogen (secondary N) is 2. The zero-order valence-corrected chi connectivity index (χ0v) is 16.0. The number of aryl methyl sites for hydroxylation is 1. The van der Waals surface area contributed by atoms with Gasteiger partial charge in [-0.3, -0.25) is 4.79 Å². The molecule has 0 spiro atoms. The van der Waals surface area contributed by atoms with E-state index >= 15 is 0 Å². The summed E-state index contributed by atoms with van der Waals surface area (Å²) in [6, 6.07) is 7.33. The van der Waals surface area contributed by atoms with E-state index < -0.39 is 17.7 Å². The van der Waals surface area contributed by atoms with Gasteiger partial charge in [0.05, 0.1) is 5.57 Å². The number of carbonyl (C=O) groups is 1. The SMILES string of the molecule is C=C(C)NC(=O)/C(=C/C(=C/CC)C(F)(F)F)Nc1cccc(CCCC)c1. The Morgan fingerprint density at radius 3 is 2.52 bits per heavy atom. The normalized spacial score (nSPS) is 12.7. The molecule has 0 heterocycles. The van der Waals surface area contributed by atoms with E-state index in [2.05, 4.69) is 24.1 Å². The Morgan fingerprint density at radius 2 is 1.96 bits per heavy atom. The topological polar surface area (TPSA) is 41.1 Å². The van der Waals surface area contributed by atoms with Gasteiger partial charge in [-0.2, -0.15) is 13.2 Å². The van der Waals surface area contributed by atoms with Gasteiger partial charge in [-0.25, -0.2) is 0 Å². The van der Waals surface area contributed by atoms with E-state index in [4.69, 9.17) is 0 Å². The predicted molar refractivity (Wildman–Crippen MR) is 104 cm³/mol. The molecule has 2 N–H and O–H groups in total. The highest BCUT2D eigenvalue weighted by Gasteiger charge is 2.32. The third kappa shape index (κ3) is 8.15. The van der Waals surface area contributed by atoms with Gasteiger partial charge in [0, 0.05) is 11.4 Å². The van der Waals surface area contributed by atoms with Crippen LogP contribution in [-0.4, -0.2) is 12.1 Å². The first kappa shape index (κ1) is 22.5. The number of unbranched alkanes of at least 4 members (excludes halogenated alkanes) is 1. The molecule has 6 heteroatoms. The first-order valence-electron chi connectivity index (χ1n) is 8.99. The lowest BCUT2D eigenvalue weighted by Crippen LogP contribution is -2.27. The number of alkyl halides is 3. The van der Waals surface area contributed by atoms with Gasteiger partial charge in [0.2, 0.25) is 0 Å². The number of allylic oxidation sites excluding steroid dienone is 4. The van der Waals surface area contributed by atoms with Crippen LogP contribution in [0.1, 0.15) is 45.6 Å². The summed E-state index contributed by atoms with van der Waals surface area (Å²) < 4.78 is 39.7. The third-order valence-corrected chi connectivity index (χ3v) is 3.65. The number of benzene rings is 1. The summed E-state index contributed by atoms with van der Waals surface area (Å²) >= 11 is 0. The fourth-order valence-electron chi connectivity index (χ4n) is 2.39. The fraction of sp³-hybridized carbons (Fsp3) is 0.381. The van der Waals surface area contributed by atoms with E-state index in [0.717, 1.165) is 37.0 Å². The maximum Gasteiger partial charge on any atom is 0.416 e. The molecule has 1 amide bonds. The van der Waals surface area contributed by atoms with Crippen molar-refractivity contribution in [3.05, 3.63) is 65.5 Å². The van der Waals surface area contributed by atoms with Gasteiger partial charge >= 0.3 is 6.18 Å². The summed E-state index contributed by atoms with van der Waals surface area (Å²) in [7, 11) is 0. The van der Waals surface area contributed by atoms with Crippen LogP contribution in [0.15, 0.2) is 60.0 Å². The third-order valence-electron chi connectivity index (χ3n) is 3.65. The van der Waals surface area contributed by atoms with Crippen molar-refractivity contribution in [3.63, 3.8) is 0 Å². The van der Waals surface area contributed by atoms with Crippen LogP contribution in [0.25, 0.3) is 0 Å². The Bertz CT molecular complexity index is 718. The highest BCUT2D eigenvalue weighted by molar-refractivity contribution is 5.97. The lowest BCUT2D eigenvalue weighted by molar-refractivity contribution is -0.116. The molecule has 0 saturated carbocycles. The zero-order chi connectivity index (χ0) is 20.4. The molecule has 0 bridgehead atoms. The molecular formula is C21H27F3N2O. The molecule has 0 aliphatic heterocycles. The number of carbonyl (C=O) groups excluding carboxylic acids is 1. The Balaban J connectivity index is 3.23. The maximum absolute atomic E-state index is 13.2. The van der Waals surface area contributed by atoms with Crippen molar-refractivity contribution in [1.29, 1.82) is 0 Å². The summed E-state index contributed by atoms with van der Waals surface area (Å²) in [5.41, 5.74) is 0.901. The molecule has 0 atom stereocenters. The van der Waals surface area contributed by atoms with Gasteiger partial charge in [-0.05, 0) is 50.0 Å². The van der Waals surface area contributed by atoms with Crippen LogP contribution < -0.4 is 10.6 Å². The molecule has 27 heavy (non-hydrogen) atoms. The van der Waals surface area contributed by atoms with E-state index in [1.165, 1.54) is 0 Å². The van der Waals surface area contributed by atoms with Crippen molar-refractivity contribution in [3.8, 4) is 0 Å². The van der Waals surface area contributed by atoms with Crippen LogP contribution in [0.3, 0.4) is 0 Å². The number of anilines is 1. The molecule has 0 aliphatic carbocycles. The second-order valence-electron chi connectivity index (χ2n) is 6.29. The zero-order valence-electron chi connectivity index (χ0n) is 16.0. The Hall–Kier alpha value is -2.50. The van der Waals surface area contributed by atoms with Gasteiger partial charge in [-0.1, -0.05) is 45.1 Å². The Labute approximate surface area is 159 Å². The molecule has 0 fully saturated rings. The molecule has 148 valence electrons. The second kappa shape index (κ2) is 10.6. The highest BCUT2D eigenvalue weighted by atomic mass is 19.4. The van der Waals surface area contributed by atoms with Gasteiger partial charge in [-0.15, -0.1) is 0 Å². The summed E-state index contributed by atoms with van der Waals surface area (Å²) in [5.74, 6) is -0.673. The van der Waals surface area contributed by atoms with Gasteiger partial charge < -0.3 is 10.6 Å². The van der Waals surface area contributed by atoms with Gasteiger partial charge in [0.15, 0.2) is 0 Å². The first-order chi connectivity index (χ1) is 12.7. The van der Waals surface area contributed by atoms with Crippen molar-refractivity contribution < 1.29 is 18.0 Å². The minimum Gasteiger partial charge on any atom is -0.351 e. The van der Waals surface area contributed by atoms with Crippen molar-refractivity contribution in [2.45, 2.75) is 52.6 Å². The van der Waals surface area contributed by atoms with E-state index in [1.54, 1.807) is 19.9 Å². The molecule has 0 saturated heterocycles. The maximum atomic E-state index is 13.2. The average molecular weight is 380 g/mol. The minimum atomic E-state index is -4.55. The van der Waals surface area contributed by atoms with Crippen LogP contribution in [0.2, 0.25) is 0 Å². The van der Waals surface area contributed by atoms with Crippen molar-refractivity contribution in [2.75, 3.05) is 5.32 Å². The number of hydrogen-bond acceptors (Lipinski definition) is 2. The van der Waals surface area contributed by atoms with Crippen LogP contribution in [0.4, 0.5) is 18.9 Å². The van der Waals surface area contributed by atoms with Crippen molar-refractivity contribution in [1.82, 2.24) is 5.32 Å². The van der Waals surface area contributed by atoms with E-state index in [1.807, 2.05) is 18.2 Å². The fourth-order valence-corrected chi connectivity index (χ4v) is 2.39. The lowest BCUT2D eigenvalue weighted by Gasteiger charge is -2.15. The largest absolute Gasteiger partial charge is 0.416 e. The summed E-state index contributed by atoms with van der Waals surface area (Å²) in [6.45, 7) is 8.83. The Kier molecular flexibility index (Phi) is 8.85. The van der Waals surface area contributed by atoms with Crippen LogP contribution in [-0.2, 0) is 11.2 Å². The van der Waals surface area contributed by atoms with Crippen LogP contribution in [0, 0.1) is 0 Å². The average Bonchev–Trinajstić information content (AvgIpc) is 2.57. The molecular weight excluding hydrogens is 353 g/mol. The van der Waals surface area contributed by atoms with Gasteiger partial charge in [0.25, 0.3) is 5.91 Å². The minimum absolute atomic E-state index is 0.192. The molecule has 1 aromatic rings. The molecule has 0 radical (unpaired) electrons. The number of hydrogen-bond donors (Lipinski definition) is 2. The smallest absolute Gasteiger partial charge is 0.351 e. The molecule has 0 aliphatic rings. The Morgan fingerprint density at radius 1 is 1.26 bits per heavy atom. The van der Waals surface area contributed by atoms with Crippen molar-refractivity contribution in [2.24, 2.45) is 0 Å². The van der Waals surface area contributed by atoms with E-state index in [-0.39, 0.29) is 12.1 Å². The standard InChI is InChI=1S/C21H27F3N2O/c1-5-7-10-16-11-8-12-18(13-16)26-19(20(27)25-15(3)4)14-17(9-6-2)21(22,23)24/h8-9,11-14,26H,3,5-7,10H2,1-2,4H3,(H,25,27)/b17-9-,19-14-. The summed E-state index contributed by atoms with van der Waals surface area (Å²) in [6.07, 6.45) is 0.462. The number of halogens is 3. The molecule has 1 aromatic carbocycles. The molecule has 0 unspecified atom stereocenters. The highest BCUT2D eigenvalue weighted by Crippen LogP contribution is 2.28. The van der Waals surface area contributed by atoms with Gasteiger partial charge in [0.1, 0.15) is 5.70 Å². The summed E-state index contributed by atoms with van der Waals surface area (Å²) in [4.78, 5) is 12.4.